The maximum atomic E-state index is 12.7. The Labute approximate surface area is 140 Å². The average Bonchev–Trinajstić information content (AvgIpc) is 2.46. The highest BCUT2D eigenvalue weighted by atomic mass is 35.5. The fraction of sp³-hybridized carbons (Fsp3) is 0.200. The van der Waals surface area contributed by atoms with E-state index in [4.69, 9.17) is 27.9 Å². The van der Waals surface area contributed by atoms with Gasteiger partial charge in [-0.1, -0.05) is 35.3 Å². The highest BCUT2D eigenvalue weighted by molar-refractivity contribution is 7.89. The van der Waals surface area contributed by atoms with Gasteiger partial charge in [0.25, 0.3) is 0 Å². The van der Waals surface area contributed by atoms with Gasteiger partial charge in [-0.25, -0.2) is 8.42 Å². The summed E-state index contributed by atoms with van der Waals surface area (Å²) in [4.78, 5) is 0.119. The molecule has 2 aromatic rings. The lowest BCUT2D eigenvalue weighted by atomic mass is 10.2. The molecule has 0 bridgehead atoms. The van der Waals surface area contributed by atoms with Crippen LogP contribution in [0.15, 0.2) is 47.4 Å². The van der Waals surface area contributed by atoms with E-state index in [2.05, 4.69) is 0 Å². The molecule has 0 saturated carbocycles. The predicted octanol–water partition coefficient (Wildman–Crippen LogP) is 3.82. The van der Waals surface area contributed by atoms with Gasteiger partial charge in [0.2, 0.25) is 10.0 Å². The Morgan fingerprint density at radius 2 is 1.68 bits per heavy atom. The van der Waals surface area contributed by atoms with E-state index >= 15 is 0 Å². The van der Waals surface area contributed by atoms with Crippen LogP contribution in [0.2, 0.25) is 10.0 Å². The largest absolute Gasteiger partial charge is 0.495 e. The molecule has 118 valence electrons. The number of para-hydroxylation sites is 1. The lowest BCUT2D eigenvalue weighted by molar-refractivity contribution is 0.397. The van der Waals surface area contributed by atoms with E-state index in [1.165, 1.54) is 24.5 Å². The maximum Gasteiger partial charge on any atom is 0.246 e. The molecule has 4 nitrogen and oxygen atoms in total. The number of halogens is 2. The zero-order chi connectivity index (χ0) is 16.3. The number of nitrogens with zero attached hydrogens (tertiary/aromatic N) is 1. The van der Waals surface area contributed by atoms with E-state index < -0.39 is 10.0 Å². The van der Waals surface area contributed by atoms with Crippen LogP contribution in [-0.2, 0) is 16.6 Å². The lowest BCUT2D eigenvalue weighted by Gasteiger charge is -2.19. The Morgan fingerprint density at radius 3 is 2.27 bits per heavy atom. The van der Waals surface area contributed by atoms with Crippen molar-refractivity contribution in [3.05, 3.63) is 58.1 Å². The van der Waals surface area contributed by atoms with Crippen LogP contribution in [0.3, 0.4) is 0 Å². The number of rotatable bonds is 5. The second-order valence-electron chi connectivity index (χ2n) is 4.69. The summed E-state index contributed by atoms with van der Waals surface area (Å²) in [6.45, 7) is 0.153. The molecule has 0 aliphatic heterocycles. The van der Waals surface area contributed by atoms with Crippen molar-refractivity contribution in [1.29, 1.82) is 0 Å². The van der Waals surface area contributed by atoms with Crippen LogP contribution < -0.4 is 4.74 Å². The number of benzene rings is 2. The van der Waals surface area contributed by atoms with Gasteiger partial charge in [-0.05, 0) is 35.9 Å². The molecule has 22 heavy (non-hydrogen) atoms. The molecule has 7 heteroatoms. The van der Waals surface area contributed by atoms with Gasteiger partial charge in [0.1, 0.15) is 10.6 Å². The fourth-order valence-electron chi connectivity index (χ4n) is 2.04. The molecule has 0 saturated heterocycles. The zero-order valence-electron chi connectivity index (χ0n) is 12.1. The SMILES string of the molecule is COc1ccccc1S(=O)(=O)N(C)Cc1cc(Cl)cc(Cl)c1. The summed E-state index contributed by atoms with van der Waals surface area (Å²) in [5, 5.41) is 0.927. The summed E-state index contributed by atoms with van der Waals surface area (Å²) in [5.41, 5.74) is 0.707. The van der Waals surface area contributed by atoms with Crippen molar-refractivity contribution >= 4 is 33.2 Å². The van der Waals surface area contributed by atoms with Crippen molar-refractivity contribution in [2.75, 3.05) is 14.2 Å². The summed E-state index contributed by atoms with van der Waals surface area (Å²) in [7, 11) is -0.751. The minimum Gasteiger partial charge on any atom is -0.495 e. The van der Waals surface area contributed by atoms with E-state index in [1.54, 1.807) is 36.4 Å². The molecule has 0 fully saturated rings. The third kappa shape index (κ3) is 3.73. The van der Waals surface area contributed by atoms with Gasteiger partial charge in [-0.2, -0.15) is 4.31 Å². The summed E-state index contributed by atoms with van der Waals surface area (Å²) in [6, 6.07) is 11.4. The smallest absolute Gasteiger partial charge is 0.246 e. The molecular formula is C15H15Cl2NO3S. The molecule has 0 aromatic heterocycles. The monoisotopic (exact) mass is 359 g/mol. The number of ether oxygens (including phenoxy) is 1. The highest BCUT2D eigenvalue weighted by Gasteiger charge is 2.24. The third-order valence-corrected chi connectivity index (χ3v) is 5.36. The van der Waals surface area contributed by atoms with Crippen LogP contribution in [-0.4, -0.2) is 26.9 Å². The van der Waals surface area contributed by atoms with Crippen LogP contribution >= 0.6 is 23.2 Å². The standard InChI is InChI=1S/C15H15Cl2NO3S/c1-18(10-11-7-12(16)9-13(17)8-11)22(19,20)15-6-4-3-5-14(15)21-2/h3-9H,10H2,1-2H3. The van der Waals surface area contributed by atoms with Gasteiger partial charge in [-0.3, -0.25) is 0 Å². The summed E-state index contributed by atoms with van der Waals surface area (Å²) >= 11 is 11.9. The Kier molecular flexibility index (Phi) is 5.34. The molecule has 0 aliphatic carbocycles. The topological polar surface area (TPSA) is 46.6 Å². The minimum atomic E-state index is -3.68. The van der Waals surface area contributed by atoms with Gasteiger partial charge in [0.15, 0.2) is 0 Å². The third-order valence-electron chi connectivity index (χ3n) is 3.08. The Hall–Kier alpha value is -1.27. The van der Waals surface area contributed by atoms with Crippen molar-refractivity contribution in [2.24, 2.45) is 0 Å². The molecule has 2 rings (SSSR count). The Bertz CT molecular complexity index is 758. The molecule has 0 atom stereocenters. The zero-order valence-corrected chi connectivity index (χ0v) is 14.4. The number of methoxy groups -OCH3 is 1. The Balaban J connectivity index is 2.33. The second-order valence-corrected chi connectivity index (χ2v) is 7.58. The van der Waals surface area contributed by atoms with Crippen molar-refractivity contribution < 1.29 is 13.2 Å². The van der Waals surface area contributed by atoms with E-state index in [9.17, 15) is 8.42 Å². The maximum absolute atomic E-state index is 12.7. The lowest BCUT2D eigenvalue weighted by Crippen LogP contribution is -2.26. The molecule has 0 aliphatic rings. The van der Waals surface area contributed by atoms with Crippen molar-refractivity contribution in [1.82, 2.24) is 4.31 Å². The highest BCUT2D eigenvalue weighted by Crippen LogP contribution is 2.27. The molecule has 0 unspecified atom stereocenters. The summed E-state index contributed by atoms with van der Waals surface area (Å²) in [6.07, 6.45) is 0. The summed E-state index contributed by atoms with van der Waals surface area (Å²) < 4.78 is 31.7. The van der Waals surface area contributed by atoms with Gasteiger partial charge in [0, 0.05) is 23.6 Å². The first-order valence-electron chi connectivity index (χ1n) is 6.39. The quantitative estimate of drug-likeness (QED) is 0.814. The van der Waals surface area contributed by atoms with Crippen LogP contribution in [0.1, 0.15) is 5.56 Å². The van der Waals surface area contributed by atoms with Crippen LogP contribution in [0.5, 0.6) is 5.75 Å². The molecular weight excluding hydrogens is 345 g/mol. The average molecular weight is 360 g/mol. The fourth-order valence-corrected chi connectivity index (χ4v) is 3.93. The number of hydrogen-bond acceptors (Lipinski definition) is 3. The normalized spacial score (nSPS) is 11.7. The van der Waals surface area contributed by atoms with Crippen molar-refractivity contribution in [3.8, 4) is 5.75 Å². The van der Waals surface area contributed by atoms with E-state index in [0.717, 1.165) is 0 Å². The molecule has 0 heterocycles. The summed E-state index contributed by atoms with van der Waals surface area (Å²) in [5.74, 6) is 0.304. The van der Waals surface area contributed by atoms with Crippen molar-refractivity contribution in [3.63, 3.8) is 0 Å². The number of sulfonamides is 1. The van der Waals surface area contributed by atoms with E-state index in [-0.39, 0.29) is 11.4 Å². The number of hydrogen-bond donors (Lipinski definition) is 0. The van der Waals surface area contributed by atoms with E-state index in [0.29, 0.717) is 21.4 Å². The first-order chi connectivity index (χ1) is 10.3. The van der Waals surface area contributed by atoms with Gasteiger partial charge in [-0.15, -0.1) is 0 Å². The van der Waals surface area contributed by atoms with Gasteiger partial charge in [0.05, 0.1) is 7.11 Å². The van der Waals surface area contributed by atoms with Gasteiger partial charge >= 0.3 is 0 Å². The van der Waals surface area contributed by atoms with Crippen LogP contribution in [0.25, 0.3) is 0 Å². The first-order valence-corrected chi connectivity index (χ1v) is 8.58. The molecule has 2 aromatic carbocycles. The molecule has 0 amide bonds. The minimum absolute atomic E-state index is 0.119. The molecule has 0 radical (unpaired) electrons. The van der Waals surface area contributed by atoms with Crippen LogP contribution in [0, 0.1) is 0 Å². The van der Waals surface area contributed by atoms with Crippen LogP contribution in [0.4, 0.5) is 0 Å². The predicted molar refractivity (Wildman–Crippen MR) is 88.1 cm³/mol. The first kappa shape index (κ1) is 17.1. The molecule has 0 N–H and O–H groups in total. The molecule has 0 spiro atoms. The second kappa shape index (κ2) is 6.87. The van der Waals surface area contributed by atoms with Crippen molar-refractivity contribution in [2.45, 2.75) is 11.4 Å². The Morgan fingerprint density at radius 1 is 1.09 bits per heavy atom. The van der Waals surface area contributed by atoms with E-state index in [1.807, 2.05) is 0 Å². The van der Waals surface area contributed by atoms with Gasteiger partial charge < -0.3 is 4.74 Å².